The lowest BCUT2D eigenvalue weighted by atomic mass is 10.2. The molecule has 0 aromatic heterocycles. The summed E-state index contributed by atoms with van der Waals surface area (Å²) in [6.45, 7) is 4.84. The highest BCUT2D eigenvalue weighted by Crippen LogP contribution is 2.35. The van der Waals surface area contributed by atoms with Gasteiger partial charge in [-0.15, -0.1) is 0 Å². The van der Waals surface area contributed by atoms with Crippen LogP contribution in [0.25, 0.3) is 0 Å². The summed E-state index contributed by atoms with van der Waals surface area (Å²) < 4.78 is 22.3. The average Bonchev–Trinajstić information content (AvgIpc) is 2.63. The van der Waals surface area contributed by atoms with Crippen LogP contribution in [0.2, 0.25) is 5.02 Å². The van der Waals surface area contributed by atoms with Crippen molar-refractivity contribution in [2.45, 2.75) is 18.7 Å². The first kappa shape index (κ1) is 20.3. The van der Waals surface area contributed by atoms with Crippen molar-refractivity contribution in [3.05, 3.63) is 47.0 Å². The molecule has 0 N–H and O–H groups in total. The van der Waals surface area contributed by atoms with E-state index in [1.54, 1.807) is 43.9 Å². The second-order valence-corrected chi connectivity index (χ2v) is 8.80. The van der Waals surface area contributed by atoms with E-state index >= 15 is 0 Å². The van der Waals surface area contributed by atoms with Gasteiger partial charge in [-0.3, -0.25) is 0 Å². The first-order chi connectivity index (χ1) is 12.3. The molecule has 0 fully saturated rings. The van der Waals surface area contributed by atoms with Gasteiger partial charge in [0.25, 0.3) is 0 Å². The minimum absolute atomic E-state index is 0.505. The maximum Gasteiger partial charge on any atom is 0.131 e. The molecule has 1 unspecified atom stereocenters. The molecule has 0 bridgehead atoms. The van der Waals surface area contributed by atoms with Gasteiger partial charge in [0.05, 0.1) is 31.7 Å². The molecule has 26 heavy (non-hydrogen) atoms. The highest BCUT2D eigenvalue weighted by atomic mass is 35.5. The quantitative estimate of drug-likeness (QED) is 0.504. The van der Waals surface area contributed by atoms with Gasteiger partial charge in [0, 0.05) is 33.0 Å². The summed E-state index contributed by atoms with van der Waals surface area (Å²) >= 11 is 6.35. The molecule has 0 spiro atoms. The monoisotopic (exact) mass is 393 g/mol. The van der Waals surface area contributed by atoms with E-state index in [2.05, 4.69) is 9.36 Å². The average molecular weight is 394 g/mol. The number of nitrogens with zero attached hydrogens (tertiary/aromatic N) is 3. The van der Waals surface area contributed by atoms with E-state index in [0.29, 0.717) is 27.1 Å². The highest BCUT2D eigenvalue weighted by Gasteiger charge is 2.10. The summed E-state index contributed by atoms with van der Waals surface area (Å²) in [6.07, 6.45) is 3.35. The molecule has 140 valence electrons. The van der Waals surface area contributed by atoms with E-state index in [-0.39, 0.29) is 0 Å². The van der Waals surface area contributed by atoms with E-state index in [1.807, 2.05) is 37.9 Å². The predicted molar refractivity (Wildman–Crippen MR) is 110 cm³/mol. The van der Waals surface area contributed by atoms with Crippen LogP contribution in [0.1, 0.15) is 12.5 Å². The topological polar surface area (TPSA) is 54.3 Å². The second kappa shape index (κ2) is 8.56. The van der Waals surface area contributed by atoms with Crippen LogP contribution in [-0.4, -0.2) is 42.3 Å². The SMILES string of the molecule is CCN(C)/C=N\c1cc(C)c(Oc2cccc(S(C)(=O)=NC)c2)cc1Cl. The fourth-order valence-corrected chi connectivity index (χ4v) is 3.18. The predicted octanol–water partition coefficient (Wildman–Crippen LogP) is 5.14. The highest BCUT2D eigenvalue weighted by molar-refractivity contribution is 7.93. The zero-order chi connectivity index (χ0) is 19.3. The van der Waals surface area contributed by atoms with Gasteiger partial charge in [0.1, 0.15) is 11.5 Å². The van der Waals surface area contributed by atoms with E-state index in [4.69, 9.17) is 16.3 Å². The van der Waals surface area contributed by atoms with Gasteiger partial charge in [-0.25, -0.2) is 13.6 Å². The number of aryl methyl sites for hydroxylation is 1. The first-order valence-electron chi connectivity index (χ1n) is 8.19. The van der Waals surface area contributed by atoms with Gasteiger partial charge in [-0.1, -0.05) is 17.7 Å². The lowest BCUT2D eigenvalue weighted by Crippen LogP contribution is -2.14. The van der Waals surface area contributed by atoms with Crippen LogP contribution in [-0.2, 0) is 9.73 Å². The second-order valence-electron chi connectivity index (χ2n) is 5.95. The number of halogens is 1. The van der Waals surface area contributed by atoms with Crippen LogP contribution in [0.4, 0.5) is 5.69 Å². The minimum atomic E-state index is -2.41. The van der Waals surface area contributed by atoms with E-state index < -0.39 is 9.73 Å². The van der Waals surface area contributed by atoms with Crippen LogP contribution in [0, 0.1) is 6.92 Å². The lowest BCUT2D eigenvalue weighted by molar-refractivity contribution is 0.477. The number of benzene rings is 2. The van der Waals surface area contributed by atoms with Crippen molar-refractivity contribution in [2.24, 2.45) is 9.36 Å². The molecule has 0 saturated carbocycles. The Balaban J connectivity index is 2.31. The molecule has 0 radical (unpaired) electrons. The van der Waals surface area contributed by atoms with Gasteiger partial charge in [0.2, 0.25) is 0 Å². The Morgan fingerprint density at radius 3 is 2.69 bits per heavy atom. The Kier molecular flexibility index (Phi) is 6.67. The Morgan fingerprint density at radius 1 is 1.31 bits per heavy atom. The smallest absolute Gasteiger partial charge is 0.131 e. The molecule has 5 nitrogen and oxygen atoms in total. The van der Waals surface area contributed by atoms with Crippen molar-refractivity contribution in [3.63, 3.8) is 0 Å². The number of hydrogen-bond donors (Lipinski definition) is 0. The molecule has 2 aromatic carbocycles. The number of hydrogen-bond acceptors (Lipinski definition) is 4. The Morgan fingerprint density at radius 2 is 2.04 bits per heavy atom. The third-order valence-corrected chi connectivity index (χ3v) is 6.08. The molecular formula is C19H24ClN3O2S. The molecule has 0 heterocycles. The van der Waals surface area contributed by atoms with Crippen molar-refractivity contribution in [3.8, 4) is 11.5 Å². The number of aliphatic imine (C=N–C) groups is 1. The fraction of sp³-hybridized carbons (Fsp3) is 0.316. The summed E-state index contributed by atoms with van der Waals surface area (Å²) in [7, 11) is 1.09. The standard InChI is InChI=1S/C19H24ClN3O2S/c1-6-23(4)13-22-18-10-14(2)19(12-17(18)20)25-15-8-7-9-16(11-15)26(5,24)21-3/h7-13H,6H2,1-5H3/b22-13-. The van der Waals surface area contributed by atoms with Crippen LogP contribution in [0.5, 0.6) is 11.5 Å². The van der Waals surface area contributed by atoms with Gasteiger partial charge in [-0.2, -0.15) is 0 Å². The largest absolute Gasteiger partial charge is 0.457 e. The maximum absolute atomic E-state index is 12.4. The molecule has 2 aromatic rings. The van der Waals surface area contributed by atoms with Crippen LogP contribution in [0.15, 0.2) is 50.6 Å². The van der Waals surface area contributed by atoms with Crippen LogP contribution < -0.4 is 4.74 Å². The van der Waals surface area contributed by atoms with Gasteiger partial charge in [-0.05, 0) is 43.7 Å². The number of rotatable bonds is 6. The van der Waals surface area contributed by atoms with E-state index in [9.17, 15) is 4.21 Å². The van der Waals surface area contributed by atoms with E-state index in [0.717, 1.165) is 12.1 Å². The summed E-state index contributed by atoms with van der Waals surface area (Å²) in [4.78, 5) is 7.00. The van der Waals surface area contributed by atoms with Crippen molar-refractivity contribution in [1.82, 2.24) is 4.90 Å². The molecule has 2 rings (SSSR count). The van der Waals surface area contributed by atoms with Crippen molar-refractivity contribution >= 4 is 33.4 Å². The summed E-state index contributed by atoms with van der Waals surface area (Å²) in [5.41, 5.74) is 1.59. The molecule has 0 aliphatic heterocycles. The maximum atomic E-state index is 12.4. The third kappa shape index (κ3) is 4.99. The Labute approximate surface area is 160 Å². The first-order valence-corrected chi connectivity index (χ1v) is 10.5. The molecule has 0 aliphatic carbocycles. The summed E-state index contributed by atoms with van der Waals surface area (Å²) in [5, 5.41) is 0.505. The van der Waals surface area contributed by atoms with Gasteiger partial charge in [0.15, 0.2) is 0 Å². The summed E-state index contributed by atoms with van der Waals surface area (Å²) in [6, 6.07) is 10.8. The zero-order valence-corrected chi connectivity index (χ0v) is 17.3. The molecule has 7 heteroatoms. The van der Waals surface area contributed by atoms with Crippen molar-refractivity contribution in [1.29, 1.82) is 0 Å². The zero-order valence-electron chi connectivity index (χ0n) is 15.7. The third-order valence-electron chi connectivity index (χ3n) is 3.96. The number of ether oxygens (including phenoxy) is 1. The Hall–Kier alpha value is -2.05. The Bertz CT molecular complexity index is 934. The molecule has 0 saturated heterocycles. The molecule has 1 atom stereocenters. The van der Waals surface area contributed by atoms with Crippen molar-refractivity contribution in [2.75, 3.05) is 26.9 Å². The van der Waals surface area contributed by atoms with Crippen LogP contribution in [0.3, 0.4) is 0 Å². The normalized spacial score (nSPS) is 13.5. The minimum Gasteiger partial charge on any atom is -0.457 e. The van der Waals surface area contributed by atoms with Gasteiger partial charge >= 0.3 is 0 Å². The van der Waals surface area contributed by atoms with Crippen LogP contribution >= 0.6 is 11.6 Å². The summed E-state index contributed by atoms with van der Waals surface area (Å²) in [5.74, 6) is 1.22. The molecular weight excluding hydrogens is 370 g/mol. The van der Waals surface area contributed by atoms with Crippen molar-refractivity contribution < 1.29 is 8.95 Å². The lowest BCUT2D eigenvalue weighted by Gasteiger charge is -2.13. The molecule has 0 amide bonds. The molecule has 0 aliphatic rings. The van der Waals surface area contributed by atoms with E-state index in [1.165, 1.54) is 0 Å². The van der Waals surface area contributed by atoms with Gasteiger partial charge < -0.3 is 9.64 Å². The fourth-order valence-electron chi connectivity index (χ4n) is 2.10.